The first-order valence-electron chi connectivity index (χ1n) is 6.91. The second kappa shape index (κ2) is 6.49. The van der Waals surface area contributed by atoms with Crippen molar-refractivity contribution in [3.05, 3.63) is 30.2 Å². The second-order valence-electron chi connectivity index (χ2n) is 5.35. The number of aromatic nitrogens is 2. The van der Waals surface area contributed by atoms with Crippen molar-refractivity contribution < 1.29 is 9.21 Å². The number of amides is 1. The average molecular weight is 288 g/mol. The average Bonchev–Trinajstić information content (AvgIpc) is 2.95. The molecule has 1 atom stereocenters. The molecule has 21 heavy (non-hydrogen) atoms. The van der Waals surface area contributed by atoms with E-state index >= 15 is 0 Å². The van der Waals surface area contributed by atoms with Gasteiger partial charge in [0.15, 0.2) is 0 Å². The number of hydrogen-bond donors (Lipinski definition) is 2. The molecule has 6 heteroatoms. The van der Waals surface area contributed by atoms with Gasteiger partial charge < -0.3 is 15.5 Å². The van der Waals surface area contributed by atoms with Crippen molar-refractivity contribution in [1.82, 2.24) is 10.2 Å². The SMILES string of the molecule is Cc1cc(-c2nnco2)ccc1NC(=O)C(CN)C(C)C. The molecule has 3 N–H and O–H groups in total. The molecule has 0 saturated carbocycles. The predicted molar refractivity (Wildman–Crippen MR) is 80.5 cm³/mol. The van der Waals surface area contributed by atoms with Gasteiger partial charge in [-0.2, -0.15) is 0 Å². The van der Waals surface area contributed by atoms with Crippen LogP contribution in [0.15, 0.2) is 29.0 Å². The highest BCUT2D eigenvalue weighted by atomic mass is 16.4. The minimum Gasteiger partial charge on any atom is -0.423 e. The van der Waals surface area contributed by atoms with Crippen LogP contribution in [0.3, 0.4) is 0 Å². The minimum absolute atomic E-state index is 0.0545. The molecule has 0 bridgehead atoms. The summed E-state index contributed by atoms with van der Waals surface area (Å²) in [6, 6.07) is 5.57. The highest BCUT2D eigenvalue weighted by Gasteiger charge is 2.21. The van der Waals surface area contributed by atoms with Crippen LogP contribution in [0.25, 0.3) is 11.5 Å². The van der Waals surface area contributed by atoms with Crippen LogP contribution >= 0.6 is 0 Å². The van der Waals surface area contributed by atoms with Crippen LogP contribution in [0, 0.1) is 18.8 Å². The zero-order valence-electron chi connectivity index (χ0n) is 12.5. The molecular formula is C15H20N4O2. The summed E-state index contributed by atoms with van der Waals surface area (Å²) >= 11 is 0. The zero-order valence-corrected chi connectivity index (χ0v) is 12.5. The number of hydrogen-bond acceptors (Lipinski definition) is 5. The molecule has 1 aromatic heterocycles. The van der Waals surface area contributed by atoms with Crippen molar-refractivity contribution in [2.24, 2.45) is 17.6 Å². The lowest BCUT2D eigenvalue weighted by molar-refractivity contribution is -0.120. The fourth-order valence-corrected chi connectivity index (χ4v) is 2.14. The number of carbonyl (C=O) groups is 1. The van der Waals surface area contributed by atoms with Gasteiger partial charge in [0.1, 0.15) is 0 Å². The third-order valence-electron chi connectivity index (χ3n) is 3.49. The number of anilines is 1. The Bertz CT molecular complexity index is 608. The number of nitrogens with zero attached hydrogens (tertiary/aromatic N) is 2. The number of carbonyl (C=O) groups excluding carboxylic acids is 1. The van der Waals surface area contributed by atoms with Crippen molar-refractivity contribution in [3.8, 4) is 11.5 Å². The number of rotatable bonds is 5. The third-order valence-corrected chi connectivity index (χ3v) is 3.49. The van der Waals surface area contributed by atoms with E-state index < -0.39 is 0 Å². The molecule has 112 valence electrons. The van der Waals surface area contributed by atoms with Crippen LogP contribution in [-0.2, 0) is 4.79 Å². The lowest BCUT2D eigenvalue weighted by atomic mass is 9.95. The molecule has 1 heterocycles. The van der Waals surface area contributed by atoms with Gasteiger partial charge in [0.05, 0.1) is 5.92 Å². The first-order valence-corrected chi connectivity index (χ1v) is 6.91. The van der Waals surface area contributed by atoms with Gasteiger partial charge in [-0.1, -0.05) is 13.8 Å². The summed E-state index contributed by atoms with van der Waals surface area (Å²) in [5, 5.41) is 10.4. The number of nitrogens with two attached hydrogens (primary N) is 1. The maximum absolute atomic E-state index is 12.2. The van der Waals surface area contributed by atoms with E-state index in [1.165, 1.54) is 6.39 Å². The Morgan fingerprint density at radius 3 is 2.71 bits per heavy atom. The van der Waals surface area contributed by atoms with E-state index in [-0.39, 0.29) is 17.7 Å². The molecule has 2 aromatic rings. The summed E-state index contributed by atoms with van der Waals surface area (Å²) in [5.41, 5.74) is 8.18. The lowest BCUT2D eigenvalue weighted by Crippen LogP contribution is -2.33. The van der Waals surface area contributed by atoms with Gasteiger partial charge in [-0.3, -0.25) is 4.79 Å². The second-order valence-corrected chi connectivity index (χ2v) is 5.35. The smallest absolute Gasteiger partial charge is 0.247 e. The molecule has 6 nitrogen and oxygen atoms in total. The van der Waals surface area contributed by atoms with E-state index in [4.69, 9.17) is 10.2 Å². The van der Waals surface area contributed by atoms with Gasteiger partial charge in [-0.25, -0.2) is 0 Å². The van der Waals surface area contributed by atoms with Crippen LogP contribution in [0.5, 0.6) is 0 Å². The van der Waals surface area contributed by atoms with E-state index in [2.05, 4.69) is 15.5 Å². The van der Waals surface area contributed by atoms with Crippen molar-refractivity contribution in [2.75, 3.05) is 11.9 Å². The Balaban J connectivity index is 2.16. The number of aryl methyl sites for hydroxylation is 1. The van der Waals surface area contributed by atoms with Crippen molar-refractivity contribution in [2.45, 2.75) is 20.8 Å². The quantitative estimate of drug-likeness (QED) is 0.879. The number of benzene rings is 1. The summed E-state index contributed by atoms with van der Waals surface area (Å²) in [6.07, 6.45) is 1.29. The molecule has 0 spiro atoms. The zero-order chi connectivity index (χ0) is 15.4. The summed E-state index contributed by atoms with van der Waals surface area (Å²) < 4.78 is 5.16. The molecule has 0 aliphatic heterocycles. The van der Waals surface area contributed by atoms with E-state index in [1.807, 2.05) is 39.0 Å². The lowest BCUT2D eigenvalue weighted by Gasteiger charge is -2.19. The van der Waals surface area contributed by atoms with E-state index in [1.54, 1.807) is 0 Å². The Hall–Kier alpha value is -2.21. The molecule has 0 aliphatic carbocycles. The standard InChI is InChI=1S/C15H20N4O2/c1-9(2)12(7-16)14(20)18-13-5-4-11(6-10(13)3)15-19-17-8-21-15/h4-6,8-9,12H,7,16H2,1-3H3,(H,18,20). The normalized spacial score (nSPS) is 12.4. The Morgan fingerprint density at radius 1 is 1.43 bits per heavy atom. The Labute approximate surface area is 123 Å². The molecule has 2 rings (SSSR count). The fourth-order valence-electron chi connectivity index (χ4n) is 2.14. The molecule has 0 aliphatic rings. The fraction of sp³-hybridized carbons (Fsp3) is 0.400. The van der Waals surface area contributed by atoms with Crippen LogP contribution in [0.1, 0.15) is 19.4 Å². The van der Waals surface area contributed by atoms with Gasteiger partial charge in [0.25, 0.3) is 0 Å². The molecular weight excluding hydrogens is 268 g/mol. The van der Waals surface area contributed by atoms with Gasteiger partial charge in [0.2, 0.25) is 18.2 Å². The van der Waals surface area contributed by atoms with E-state index in [0.29, 0.717) is 12.4 Å². The first-order chi connectivity index (χ1) is 10.0. The first kappa shape index (κ1) is 15.2. The third kappa shape index (κ3) is 3.46. The van der Waals surface area contributed by atoms with Gasteiger partial charge in [-0.15, -0.1) is 10.2 Å². The van der Waals surface area contributed by atoms with Crippen molar-refractivity contribution in [3.63, 3.8) is 0 Å². The molecule has 1 aromatic carbocycles. The topological polar surface area (TPSA) is 94.0 Å². The Morgan fingerprint density at radius 2 is 2.19 bits per heavy atom. The van der Waals surface area contributed by atoms with Gasteiger partial charge in [-0.05, 0) is 36.6 Å². The maximum Gasteiger partial charge on any atom is 0.247 e. The molecule has 0 radical (unpaired) electrons. The highest BCUT2D eigenvalue weighted by molar-refractivity contribution is 5.93. The molecule has 0 fully saturated rings. The van der Waals surface area contributed by atoms with Crippen molar-refractivity contribution >= 4 is 11.6 Å². The van der Waals surface area contributed by atoms with Crippen molar-refractivity contribution in [1.29, 1.82) is 0 Å². The Kier molecular flexibility index (Phi) is 4.70. The van der Waals surface area contributed by atoms with Gasteiger partial charge >= 0.3 is 0 Å². The van der Waals surface area contributed by atoms with Crippen LogP contribution in [0.4, 0.5) is 5.69 Å². The minimum atomic E-state index is -0.194. The molecule has 1 unspecified atom stereocenters. The molecule has 0 saturated heterocycles. The van der Waals surface area contributed by atoms with Gasteiger partial charge in [0, 0.05) is 17.8 Å². The van der Waals surface area contributed by atoms with Crippen LogP contribution < -0.4 is 11.1 Å². The largest absolute Gasteiger partial charge is 0.423 e. The van der Waals surface area contributed by atoms with E-state index in [0.717, 1.165) is 16.8 Å². The monoisotopic (exact) mass is 288 g/mol. The predicted octanol–water partition coefficient (Wildman–Crippen LogP) is 2.21. The number of nitrogens with one attached hydrogen (secondary N) is 1. The summed E-state index contributed by atoms with van der Waals surface area (Å²) in [7, 11) is 0. The summed E-state index contributed by atoms with van der Waals surface area (Å²) in [5.74, 6) is 0.409. The highest BCUT2D eigenvalue weighted by Crippen LogP contribution is 2.24. The summed E-state index contributed by atoms with van der Waals surface area (Å²) in [4.78, 5) is 12.2. The maximum atomic E-state index is 12.2. The van der Waals surface area contributed by atoms with Crippen LogP contribution in [-0.4, -0.2) is 22.6 Å². The summed E-state index contributed by atoms with van der Waals surface area (Å²) in [6.45, 7) is 6.23. The van der Waals surface area contributed by atoms with Crippen LogP contribution in [0.2, 0.25) is 0 Å². The molecule has 1 amide bonds. The van der Waals surface area contributed by atoms with E-state index in [9.17, 15) is 4.79 Å².